The van der Waals surface area contributed by atoms with E-state index in [1.807, 2.05) is 42.5 Å². The van der Waals surface area contributed by atoms with Crippen LogP contribution in [-0.2, 0) is 12.2 Å². The number of aliphatic hydroxyl groups is 1. The molecule has 0 heterocycles. The van der Waals surface area contributed by atoms with Crippen molar-refractivity contribution in [3.8, 4) is 5.75 Å². The fourth-order valence-corrected chi connectivity index (χ4v) is 2.07. The number of ether oxygens (including phenoxy) is 1. The Morgan fingerprint density at radius 3 is 2.45 bits per heavy atom. The molecule has 0 fully saturated rings. The highest BCUT2D eigenvalue weighted by Gasteiger charge is 2.24. The van der Waals surface area contributed by atoms with Crippen LogP contribution in [0, 0.1) is 6.92 Å². The molecule has 3 nitrogen and oxygen atoms in total. The van der Waals surface area contributed by atoms with Gasteiger partial charge in [-0.1, -0.05) is 42.5 Å². The SMILES string of the molecule is Cc1ccccc1COc1ccccc1C(C)(O)CN. The molecule has 1 unspecified atom stereocenters. The third kappa shape index (κ3) is 3.18. The summed E-state index contributed by atoms with van der Waals surface area (Å²) < 4.78 is 5.88. The lowest BCUT2D eigenvalue weighted by Crippen LogP contribution is -2.31. The first-order valence-electron chi connectivity index (χ1n) is 6.74. The molecular formula is C17H21NO2. The third-order valence-corrected chi connectivity index (χ3v) is 3.51. The molecule has 106 valence electrons. The summed E-state index contributed by atoms with van der Waals surface area (Å²) in [6, 6.07) is 15.6. The van der Waals surface area contributed by atoms with Crippen molar-refractivity contribution in [3.63, 3.8) is 0 Å². The standard InChI is InChI=1S/C17H21NO2/c1-13-7-3-4-8-14(13)11-20-16-10-6-5-9-15(16)17(2,19)12-18/h3-10,19H,11-12,18H2,1-2H3. The van der Waals surface area contributed by atoms with Gasteiger partial charge in [0.2, 0.25) is 0 Å². The molecule has 0 aromatic heterocycles. The van der Waals surface area contributed by atoms with E-state index in [1.165, 1.54) is 5.56 Å². The summed E-state index contributed by atoms with van der Waals surface area (Å²) in [5, 5.41) is 10.3. The predicted molar refractivity (Wildman–Crippen MR) is 80.6 cm³/mol. The van der Waals surface area contributed by atoms with Gasteiger partial charge in [0.1, 0.15) is 18.0 Å². The van der Waals surface area contributed by atoms with Crippen molar-refractivity contribution in [3.05, 3.63) is 65.2 Å². The quantitative estimate of drug-likeness (QED) is 0.879. The molecule has 2 aromatic carbocycles. The third-order valence-electron chi connectivity index (χ3n) is 3.51. The van der Waals surface area contributed by atoms with Crippen molar-refractivity contribution in [2.24, 2.45) is 5.73 Å². The molecule has 3 heteroatoms. The number of aryl methyl sites for hydroxylation is 1. The van der Waals surface area contributed by atoms with E-state index in [4.69, 9.17) is 10.5 Å². The van der Waals surface area contributed by atoms with E-state index in [0.29, 0.717) is 12.4 Å². The summed E-state index contributed by atoms with van der Waals surface area (Å²) in [6.45, 7) is 4.38. The van der Waals surface area contributed by atoms with Gasteiger partial charge in [-0.3, -0.25) is 0 Å². The van der Waals surface area contributed by atoms with Gasteiger partial charge >= 0.3 is 0 Å². The minimum Gasteiger partial charge on any atom is -0.489 e. The lowest BCUT2D eigenvalue weighted by molar-refractivity contribution is 0.0629. The van der Waals surface area contributed by atoms with Gasteiger partial charge in [0.25, 0.3) is 0 Å². The number of benzene rings is 2. The van der Waals surface area contributed by atoms with E-state index in [9.17, 15) is 5.11 Å². The highest BCUT2D eigenvalue weighted by atomic mass is 16.5. The Balaban J connectivity index is 2.21. The Hall–Kier alpha value is -1.84. The Labute approximate surface area is 120 Å². The summed E-state index contributed by atoms with van der Waals surface area (Å²) in [7, 11) is 0. The Morgan fingerprint density at radius 2 is 1.75 bits per heavy atom. The zero-order chi connectivity index (χ0) is 14.6. The van der Waals surface area contributed by atoms with Crippen LogP contribution in [0.25, 0.3) is 0 Å². The van der Waals surface area contributed by atoms with Crippen LogP contribution in [0.5, 0.6) is 5.75 Å². The minimum atomic E-state index is -1.08. The van der Waals surface area contributed by atoms with Crippen LogP contribution >= 0.6 is 0 Å². The van der Waals surface area contributed by atoms with E-state index < -0.39 is 5.60 Å². The molecule has 0 saturated carbocycles. The number of hydrogen-bond donors (Lipinski definition) is 2. The maximum absolute atomic E-state index is 10.3. The van der Waals surface area contributed by atoms with Crippen LogP contribution in [0.3, 0.4) is 0 Å². The van der Waals surface area contributed by atoms with E-state index in [-0.39, 0.29) is 6.54 Å². The van der Waals surface area contributed by atoms with Crippen molar-refractivity contribution in [1.29, 1.82) is 0 Å². The Bertz CT molecular complexity index is 579. The van der Waals surface area contributed by atoms with Gasteiger partial charge in [-0.05, 0) is 31.0 Å². The highest BCUT2D eigenvalue weighted by molar-refractivity contribution is 5.38. The first-order valence-corrected chi connectivity index (χ1v) is 6.74. The molecule has 1 atom stereocenters. The zero-order valence-corrected chi connectivity index (χ0v) is 12.0. The first-order chi connectivity index (χ1) is 9.54. The fourth-order valence-electron chi connectivity index (χ4n) is 2.07. The average Bonchev–Trinajstić information content (AvgIpc) is 2.47. The summed E-state index contributed by atoms with van der Waals surface area (Å²) in [6.07, 6.45) is 0. The predicted octanol–water partition coefficient (Wildman–Crippen LogP) is 2.74. The van der Waals surface area contributed by atoms with Crippen molar-refractivity contribution >= 4 is 0 Å². The molecule has 2 rings (SSSR count). The molecular weight excluding hydrogens is 250 g/mol. The van der Waals surface area contributed by atoms with Gasteiger partial charge in [0, 0.05) is 12.1 Å². The molecule has 0 radical (unpaired) electrons. The molecule has 0 aliphatic rings. The second kappa shape index (κ2) is 6.07. The van der Waals surface area contributed by atoms with E-state index in [0.717, 1.165) is 11.1 Å². The number of nitrogens with two attached hydrogens (primary N) is 1. The molecule has 0 aliphatic carbocycles. The molecule has 0 bridgehead atoms. The highest BCUT2D eigenvalue weighted by Crippen LogP contribution is 2.29. The van der Waals surface area contributed by atoms with Gasteiger partial charge in [-0.15, -0.1) is 0 Å². The summed E-state index contributed by atoms with van der Waals surface area (Å²) >= 11 is 0. The molecule has 0 amide bonds. The monoisotopic (exact) mass is 271 g/mol. The number of para-hydroxylation sites is 1. The normalized spacial score (nSPS) is 13.8. The van der Waals surface area contributed by atoms with Gasteiger partial charge < -0.3 is 15.6 Å². The van der Waals surface area contributed by atoms with Crippen LogP contribution in [0.15, 0.2) is 48.5 Å². The van der Waals surface area contributed by atoms with Crippen molar-refractivity contribution in [2.45, 2.75) is 26.1 Å². The number of hydrogen-bond acceptors (Lipinski definition) is 3. The largest absolute Gasteiger partial charge is 0.489 e. The van der Waals surface area contributed by atoms with Crippen LogP contribution in [0.1, 0.15) is 23.6 Å². The second-order valence-corrected chi connectivity index (χ2v) is 5.19. The first kappa shape index (κ1) is 14.6. The minimum absolute atomic E-state index is 0.151. The van der Waals surface area contributed by atoms with Gasteiger partial charge in [-0.25, -0.2) is 0 Å². The van der Waals surface area contributed by atoms with Crippen molar-refractivity contribution in [1.82, 2.24) is 0 Å². The van der Waals surface area contributed by atoms with E-state index in [1.54, 1.807) is 6.92 Å². The topological polar surface area (TPSA) is 55.5 Å². The van der Waals surface area contributed by atoms with Gasteiger partial charge in [0.05, 0.1) is 0 Å². The zero-order valence-electron chi connectivity index (χ0n) is 12.0. The van der Waals surface area contributed by atoms with Crippen LogP contribution < -0.4 is 10.5 Å². The lowest BCUT2D eigenvalue weighted by Gasteiger charge is -2.24. The van der Waals surface area contributed by atoms with Crippen LogP contribution in [-0.4, -0.2) is 11.7 Å². The number of rotatable bonds is 5. The van der Waals surface area contributed by atoms with Crippen LogP contribution in [0.4, 0.5) is 0 Å². The van der Waals surface area contributed by atoms with Gasteiger partial charge in [0.15, 0.2) is 0 Å². The van der Waals surface area contributed by atoms with E-state index >= 15 is 0 Å². The van der Waals surface area contributed by atoms with Gasteiger partial charge in [-0.2, -0.15) is 0 Å². The van der Waals surface area contributed by atoms with Crippen molar-refractivity contribution in [2.75, 3.05) is 6.54 Å². The molecule has 0 spiro atoms. The molecule has 20 heavy (non-hydrogen) atoms. The summed E-state index contributed by atoms with van der Waals surface area (Å²) in [5.41, 5.74) is 7.59. The molecule has 3 N–H and O–H groups in total. The van der Waals surface area contributed by atoms with Crippen molar-refractivity contribution < 1.29 is 9.84 Å². The smallest absolute Gasteiger partial charge is 0.125 e. The molecule has 0 aliphatic heterocycles. The summed E-state index contributed by atoms with van der Waals surface area (Å²) in [4.78, 5) is 0. The fraction of sp³-hybridized carbons (Fsp3) is 0.294. The average molecular weight is 271 g/mol. The second-order valence-electron chi connectivity index (χ2n) is 5.19. The molecule has 0 saturated heterocycles. The maximum Gasteiger partial charge on any atom is 0.125 e. The maximum atomic E-state index is 10.3. The summed E-state index contributed by atoms with van der Waals surface area (Å²) in [5.74, 6) is 0.672. The van der Waals surface area contributed by atoms with E-state index in [2.05, 4.69) is 13.0 Å². The Kier molecular flexibility index (Phi) is 4.42. The van der Waals surface area contributed by atoms with Crippen LogP contribution in [0.2, 0.25) is 0 Å². The lowest BCUT2D eigenvalue weighted by atomic mass is 9.95. The Morgan fingerprint density at radius 1 is 1.10 bits per heavy atom. The molecule has 2 aromatic rings.